The number of hydrogen-bond donors (Lipinski definition) is 3. The van der Waals surface area contributed by atoms with E-state index >= 15 is 0 Å². The van der Waals surface area contributed by atoms with E-state index in [9.17, 15) is 13.2 Å². The van der Waals surface area contributed by atoms with Gasteiger partial charge in [0.15, 0.2) is 0 Å². The van der Waals surface area contributed by atoms with Crippen molar-refractivity contribution in [2.45, 2.75) is 4.90 Å². The van der Waals surface area contributed by atoms with E-state index < -0.39 is 16.0 Å². The van der Waals surface area contributed by atoms with Gasteiger partial charge in [0.25, 0.3) is 0 Å². The summed E-state index contributed by atoms with van der Waals surface area (Å²) in [7, 11) is -2.77. The molecule has 9 heteroatoms. The van der Waals surface area contributed by atoms with Crippen molar-refractivity contribution in [3.05, 3.63) is 23.8 Å². The average Bonchev–Trinajstić information content (AvgIpc) is 2.45. The summed E-state index contributed by atoms with van der Waals surface area (Å²) in [4.78, 5) is 11.2. The predicted molar refractivity (Wildman–Crippen MR) is 75.1 cm³/mol. The number of nitrogens with zero attached hydrogens (tertiary/aromatic N) is 1. The Morgan fingerprint density at radius 2 is 1.86 bits per heavy atom. The van der Waals surface area contributed by atoms with E-state index in [0.717, 1.165) is 4.31 Å². The summed E-state index contributed by atoms with van der Waals surface area (Å²) in [5.74, 6) is -0.631. The molecule has 118 valence electrons. The van der Waals surface area contributed by atoms with Crippen LogP contribution in [0.3, 0.4) is 0 Å². The molecule has 0 aliphatic carbocycles. The van der Waals surface area contributed by atoms with Crippen molar-refractivity contribution < 1.29 is 28.2 Å². The molecule has 8 nitrogen and oxygen atoms in total. The highest BCUT2D eigenvalue weighted by atomic mass is 32.2. The highest BCUT2D eigenvalue weighted by molar-refractivity contribution is 7.89. The number of anilines is 1. The Bertz CT molecular complexity index is 596. The SMILES string of the molecule is COC(=O)c1ccc(S(=O)(=O)N(CCO)CCO)c(N)c1. The van der Waals surface area contributed by atoms with Crippen LogP contribution in [0.25, 0.3) is 0 Å². The van der Waals surface area contributed by atoms with E-state index in [0.29, 0.717) is 0 Å². The number of nitrogens with two attached hydrogens (primary N) is 1. The fourth-order valence-electron chi connectivity index (χ4n) is 1.74. The molecule has 0 bridgehead atoms. The number of aliphatic hydroxyl groups is 2. The van der Waals surface area contributed by atoms with Gasteiger partial charge in [0.2, 0.25) is 10.0 Å². The Hall–Kier alpha value is -1.68. The monoisotopic (exact) mass is 318 g/mol. The zero-order valence-electron chi connectivity index (χ0n) is 11.5. The van der Waals surface area contributed by atoms with Crippen LogP contribution in [0, 0.1) is 0 Å². The lowest BCUT2D eigenvalue weighted by molar-refractivity contribution is 0.0600. The number of benzene rings is 1. The third-order valence-electron chi connectivity index (χ3n) is 2.75. The average molecular weight is 318 g/mol. The molecular formula is C12H18N2O6S. The second kappa shape index (κ2) is 7.36. The summed E-state index contributed by atoms with van der Waals surface area (Å²) >= 11 is 0. The lowest BCUT2D eigenvalue weighted by atomic mass is 10.2. The fraction of sp³-hybridized carbons (Fsp3) is 0.417. The molecule has 0 radical (unpaired) electrons. The molecule has 0 unspecified atom stereocenters. The minimum Gasteiger partial charge on any atom is -0.465 e. The van der Waals surface area contributed by atoms with Gasteiger partial charge in [0.05, 0.1) is 31.6 Å². The first-order valence-electron chi connectivity index (χ1n) is 6.08. The highest BCUT2D eigenvalue weighted by Gasteiger charge is 2.26. The van der Waals surface area contributed by atoms with Crippen molar-refractivity contribution in [3.63, 3.8) is 0 Å². The number of hydrogen-bond acceptors (Lipinski definition) is 7. The lowest BCUT2D eigenvalue weighted by Crippen LogP contribution is -2.36. The summed E-state index contributed by atoms with van der Waals surface area (Å²) < 4.78 is 30.2. The van der Waals surface area contributed by atoms with E-state index in [1.807, 2.05) is 0 Å². The van der Waals surface area contributed by atoms with Gasteiger partial charge in [0.1, 0.15) is 4.90 Å². The maximum atomic E-state index is 12.4. The van der Waals surface area contributed by atoms with Crippen molar-refractivity contribution in [3.8, 4) is 0 Å². The molecule has 1 aromatic rings. The van der Waals surface area contributed by atoms with Gasteiger partial charge in [0, 0.05) is 13.1 Å². The van der Waals surface area contributed by atoms with Gasteiger partial charge in [-0.05, 0) is 18.2 Å². The predicted octanol–water partition coefficient (Wildman–Crippen LogP) is -0.969. The third kappa shape index (κ3) is 3.91. The Kier molecular flexibility index (Phi) is 6.09. The minimum absolute atomic E-state index is 0.112. The van der Waals surface area contributed by atoms with E-state index in [1.165, 1.54) is 25.3 Å². The van der Waals surface area contributed by atoms with Gasteiger partial charge < -0.3 is 20.7 Å². The lowest BCUT2D eigenvalue weighted by Gasteiger charge is -2.21. The Morgan fingerprint density at radius 3 is 2.29 bits per heavy atom. The molecule has 0 aliphatic heterocycles. The normalized spacial score (nSPS) is 11.6. The van der Waals surface area contributed by atoms with Gasteiger partial charge in [-0.3, -0.25) is 0 Å². The molecule has 0 fully saturated rings. The molecule has 1 rings (SSSR count). The number of rotatable bonds is 7. The zero-order chi connectivity index (χ0) is 16.0. The second-order valence-electron chi connectivity index (χ2n) is 4.10. The van der Waals surface area contributed by atoms with Crippen LogP contribution in [0.15, 0.2) is 23.1 Å². The molecule has 0 heterocycles. The van der Waals surface area contributed by atoms with Crippen molar-refractivity contribution in [2.75, 3.05) is 39.1 Å². The molecule has 0 saturated heterocycles. The molecule has 0 spiro atoms. The molecule has 21 heavy (non-hydrogen) atoms. The van der Waals surface area contributed by atoms with Gasteiger partial charge >= 0.3 is 5.97 Å². The number of aliphatic hydroxyl groups excluding tert-OH is 2. The number of sulfonamides is 1. The van der Waals surface area contributed by atoms with E-state index in [4.69, 9.17) is 15.9 Å². The third-order valence-corrected chi connectivity index (χ3v) is 4.72. The van der Waals surface area contributed by atoms with Gasteiger partial charge in [-0.2, -0.15) is 4.31 Å². The maximum Gasteiger partial charge on any atom is 0.337 e. The highest BCUT2D eigenvalue weighted by Crippen LogP contribution is 2.23. The van der Waals surface area contributed by atoms with Gasteiger partial charge in [-0.25, -0.2) is 13.2 Å². The number of carbonyl (C=O) groups excluding carboxylic acids is 1. The van der Waals surface area contributed by atoms with E-state index in [1.54, 1.807) is 0 Å². The summed E-state index contributed by atoms with van der Waals surface area (Å²) in [6.07, 6.45) is 0. The Morgan fingerprint density at radius 1 is 1.29 bits per heavy atom. The topological polar surface area (TPSA) is 130 Å². The quantitative estimate of drug-likeness (QED) is 0.435. The summed E-state index contributed by atoms with van der Waals surface area (Å²) in [6.45, 7) is -1.11. The Labute approximate surface area is 122 Å². The van der Waals surface area contributed by atoms with Crippen LogP contribution >= 0.6 is 0 Å². The van der Waals surface area contributed by atoms with Crippen molar-refractivity contribution in [1.82, 2.24) is 4.31 Å². The van der Waals surface area contributed by atoms with Gasteiger partial charge in [-0.1, -0.05) is 0 Å². The van der Waals surface area contributed by atoms with E-state index in [2.05, 4.69) is 4.74 Å². The summed E-state index contributed by atoms with van der Waals surface area (Å²) in [5.41, 5.74) is 5.71. The number of nitrogen functional groups attached to an aromatic ring is 1. The van der Waals surface area contributed by atoms with Crippen LogP contribution < -0.4 is 5.73 Å². The molecule has 0 amide bonds. The first kappa shape index (κ1) is 17.4. The molecule has 0 aromatic heterocycles. The van der Waals surface area contributed by atoms with Gasteiger partial charge in [-0.15, -0.1) is 0 Å². The number of ether oxygens (including phenoxy) is 1. The van der Waals surface area contributed by atoms with E-state index in [-0.39, 0.29) is 42.4 Å². The second-order valence-corrected chi connectivity index (χ2v) is 6.00. The van der Waals surface area contributed by atoms with Crippen LogP contribution in [0.4, 0.5) is 5.69 Å². The van der Waals surface area contributed by atoms with Crippen molar-refractivity contribution in [2.24, 2.45) is 0 Å². The first-order chi connectivity index (χ1) is 9.88. The summed E-state index contributed by atoms with van der Waals surface area (Å²) in [5, 5.41) is 17.8. The molecule has 0 aliphatic rings. The van der Waals surface area contributed by atoms with Crippen LogP contribution in [-0.2, 0) is 14.8 Å². The fourth-order valence-corrected chi connectivity index (χ4v) is 3.26. The molecule has 1 aromatic carbocycles. The Balaban J connectivity index is 3.21. The number of esters is 1. The zero-order valence-corrected chi connectivity index (χ0v) is 12.3. The number of carbonyl (C=O) groups is 1. The standard InChI is InChI=1S/C12H18N2O6S/c1-20-12(17)9-2-3-11(10(13)8-9)21(18,19)14(4-6-15)5-7-16/h2-3,8,15-16H,4-7,13H2,1H3. The largest absolute Gasteiger partial charge is 0.465 e. The maximum absolute atomic E-state index is 12.4. The molecule has 4 N–H and O–H groups in total. The van der Waals surface area contributed by atoms with Crippen LogP contribution in [-0.4, -0.2) is 62.3 Å². The molecule has 0 saturated carbocycles. The smallest absolute Gasteiger partial charge is 0.337 e. The van der Waals surface area contributed by atoms with Crippen LogP contribution in [0.1, 0.15) is 10.4 Å². The first-order valence-corrected chi connectivity index (χ1v) is 7.52. The minimum atomic E-state index is -3.97. The number of methoxy groups -OCH3 is 1. The van der Waals surface area contributed by atoms with Crippen molar-refractivity contribution in [1.29, 1.82) is 0 Å². The van der Waals surface area contributed by atoms with Crippen molar-refractivity contribution >= 4 is 21.7 Å². The molecular weight excluding hydrogens is 300 g/mol. The van der Waals surface area contributed by atoms with Crippen LogP contribution in [0.5, 0.6) is 0 Å². The van der Waals surface area contributed by atoms with Crippen LogP contribution in [0.2, 0.25) is 0 Å². The molecule has 0 atom stereocenters. The summed E-state index contributed by atoms with van der Waals surface area (Å²) in [6, 6.07) is 3.68.